The van der Waals surface area contributed by atoms with Crippen molar-refractivity contribution in [3.63, 3.8) is 0 Å². The number of carbonyl (C=O) groups is 1. The molecule has 0 aliphatic carbocycles. The molecule has 0 unspecified atom stereocenters. The zero-order chi connectivity index (χ0) is 20.9. The Kier molecular flexibility index (Phi) is 7.38. The number of anilines is 1. The van der Waals surface area contributed by atoms with Crippen LogP contribution in [0.1, 0.15) is 43.6 Å². The third kappa shape index (κ3) is 5.91. The molecule has 28 heavy (non-hydrogen) atoms. The second-order valence-electron chi connectivity index (χ2n) is 7.96. The van der Waals surface area contributed by atoms with Crippen LogP contribution in [0, 0.1) is 18.8 Å². The minimum atomic E-state index is -3.60. The fourth-order valence-corrected chi connectivity index (χ4v) is 4.71. The zero-order valence-electron chi connectivity index (χ0n) is 17.3. The van der Waals surface area contributed by atoms with Crippen LogP contribution in [0.5, 0.6) is 0 Å². The highest BCUT2D eigenvalue weighted by molar-refractivity contribution is 7.89. The molecule has 152 valence electrons. The number of nitrogens with zero attached hydrogens (tertiary/aromatic N) is 1. The molecule has 0 radical (unpaired) electrons. The first-order valence-electron chi connectivity index (χ1n) is 9.58. The van der Waals surface area contributed by atoms with E-state index in [-0.39, 0.29) is 22.6 Å². The number of benzene rings is 2. The van der Waals surface area contributed by atoms with Crippen LogP contribution >= 0.6 is 0 Å². The Labute approximate surface area is 168 Å². The SMILES string of the molecule is Cc1cccc(NC(=O)c2ccc(S(=O)(=O)N(CC(C)C)CC(C)C)cc2)c1. The summed E-state index contributed by atoms with van der Waals surface area (Å²) in [5, 5.41) is 2.83. The quantitative estimate of drug-likeness (QED) is 0.704. The lowest BCUT2D eigenvalue weighted by atomic mass is 10.2. The molecule has 0 heterocycles. The molecule has 0 atom stereocenters. The predicted octanol–water partition coefficient (Wildman–Crippen LogP) is 4.55. The molecule has 5 nitrogen and oxygen atoms in total. The highest BCUT2D eigenvalue weighted by Crippen LogP contribution is 2.20. The first-order chi connectivity index (χ1) is 13.1. The first kappa shape index (κ1) is 22.1. The van der Waals surface area contributed by atoms with Gasteiger partial charge >= 0.3 is 0 Å². The van der Waals surface area contributed by atoms with Gasteiger partial charge in [0.2, 0.25) is 10.0 Å². The van der Waals surface area contributed by atoms with Crippen LogP contribution in [0.15, 0.2) is 53.4 Å². The predicted molar refractivity (Wildman–Crippen MR) is 114 cm³/mol. The molecule has 1 amide bonds. The van der Waals surface area contributed by atoms with Crippen LogP contribution in [-0.4, -0.2) is 31.7 Å². The molecule has 0 aliphatic rings. The molecule has 2 rings (SSSR count). The maximum Gasteiger partial charge on any atom is 0.255 e. The van der Waals surface area contributed by atoms with E-state index in [0.29, 0.717) is 24.3 Å². The average molecular weight is 403 g/mol. The number of hydrogen-bond acceptors (Lipinski definition) is 3. The van der Waals surface area contributed by atoms with Crippen molar-refractivity contribution >= 4 is 21.6 Å². The average Bonchev–Trinajstić information content (AvgIpc) is 2.60. The smallest absolute Gasteiger partial charge is 0.255 e. The van der Waals surface area contributed by atoms with Crippen molar-refractivity contribution in [2.45, 2.75) is 39.5 Å². The zero-order valence-corrected chi connectivity index (χ0v) is 18.1. The fraction of sp³-hybridized carbons (Fsp3) is 0.409. The van der Waals surface area contributed by atoms with Gasteiger partial charge in [-0.2, -0.15) is 4.31 Å². The molecule has 0 aromatic heterocycles. The van der Waals surface area contributed by atoms with Gasteiger partial charge in [0.15, 0.2) is 0 Å². The van der Waals surface area contributed by atoms with Gasteiger partial charge in [0.1, 0.15) is 0 Å². The Morgan fingerprint density at radius 3 is 2.04 bits per heavy atom. The minimum Gasteiger partial charge on any atom is -0.322 e. The summed E-state index contributed by atoms with van der Waals surface area (Å²) in [5.41, 5.74) is 2.18. The van der Waals surface area contributed by atoms with E-state index >= 15 is 0 Å². The third-order valence-corrected chi connectivity index (χ3v) is 6.01. The van der Waals surface area contributed by atoms with Crippen molar-refractivity contribution in [3.8, 4) is 0 Å². The second kappa shape index (κ2) is 9.34. The molecule has 0 aliphatic heterocycles. The number of carbonyl (C=O) groups excluding carboxylic acids is 1. The van der Waals surface area contributed by atoms with Crippen molar-refractivity contribution in [2.75, 3.05) is 18.4 Å². The number of nitrogens with one attached hydrogen (secondary N) is 1. The number of rotatable bonds is 8. The van der Waals surface area contributed by atoms with E-state index in [1.165, 1.54) is 16.4 Å². The van der Waals surface area contributed by atoms with Gasteiger partial charge in [0.05, 0.1) is 4.90 Å². The fourth-order valence-electron chi connectivity index (χ4n) is 2.94. The molecule has 2 aromatic carbocycles. The van der Waals surface area contributed by atoms with E-state index in [2.05, 4.69) is 5.32 Å². The summed E-state index contributed by atoms with van der Waals surface area (Å²) in [6.07, 6.45) is 0. The summed E-state index contributed by atoms with van der Waals surface area (Å²) in [7, 11) is -3.60. The highest BCUT2D eigenvalue weighted by Gasteiger charge is 2.26. The minimum absolute atomic E-state index is 0.209. The second-order valence-corrected chi connectivity index (χ2v) is 9.90. The maximum absolute atomic E-state index is 13.0. The van der Waals surface area contributed by atoms with Gasteiger partial charge in [-0.25, -0.2) is 8.42 Å². The van der Waals surface area contributed by atoms with Crippen LogP contribution in [0.25, 0.3) is 0 Å². The molecule has 0 fully saturated rings. The molecular formula is C22H30N2O3S. The van der Waals surface area contributed by atoms with Gasteiger partial charge in [-0.1, -0.05) is 39.8 Å². The third-order valence-electron chi connectivity index (χ3n) is 4.17. The van der Waals surface area contributed by atoms with E-state index in [1.807, 2.05) is 58.9 Å². The van der Waals surface area contributed by atoms with E-state index < -0.39 is 10.0 Å². The Morgan fingerprint density at radius 1 is 0.964 bits per heavy atom. The van der Waals surface area contributed by atoms with E-state index in [9.17, 15) is 13.2 Å². The van der Waals surface area contributed by atoms with Gasteiger partial charge in [-0.15, -0.1) is 0 Å². The number of amides is 1. The Balaban J connectivity index is 2.20. The lowest BCUT2D eigenvalue weighted by Crippen LogP contribution is -2.37. The van der Waals surface area contributed by atoms with Crippen molar-refractivity contribution < 1.29 is 13.2 Å². The van der Waals surface area contributed by atoms with E-state index in [4.69, 9.17) is 0 Å². The summed E-state index contributed by atoms with van der Waals surface area (Å²) in [6.45, 7) is 10.9. The summed E-state index contributed by atoms with van der Waals surface area (Å²) in [6, 6.07) is 13.7. The van der Waals surface area contributed by atoms with E-state index in [1.54, 1.807) is 12.1 Å². The topological polar surface area (TPSA) is 66.5 Å². The van der Waals surface area contributed by atoms with Crippen molar-refractivity contribution in [1.82, 2.24) is 4.31 Å². The molecule has 6 heteroatoms. The lowest BCUT2D eigenvalue weighted by molar-refractivity contribution is 0.102. The van der Waals surface area contributed by atoms with Crippen molar-refractivity contribution in [2.24, 2.45) is 11.8 Å². The van der Waals surface area contributed by atoms with Gasteiger partial charge < -0.3 is 5.32 Å². The molecule has 1 N–H and O–H groups in total. The maximum atomic E-state index is 13.0. The summed E-state index contributed by atoms with van der Waals surface area (Å²) >= 11 is 0. The van der Waals surface area contributed by atoms with Crippen LogP contribution < -0.4 is 5.32 Å². The van der Waals surface area contributed by atoms with Gasteiger partial charge in [-0.05, 0) is 60.7 Å². The molecule has 2 aromatic rings. The molecule has 0 spiro atoms. The number of hydrogen-bond donors (Lipinski definition) is 1. The van der Waals surface area contributed by atoms with Crippen LogP contribution in [0.2, 0.25) is 0 Å². The summed E-state index contributed by atoms with van der Waals surface area (Å²) in [5.74, 6) is 0.191. The number of aryl methyl sites for hydroxylation is 1. The summed E-state index contributed by atoms with van der Waals surface area (Å²) in [4.78, 5) is 12.6. The van der Waals surface area contributed by atoms with Crippen molar-refractivity contribution in [3.05, 3.63) is 59.7 Å². The summed E-state index contributed by atoms with van der Waals surface area (Å²) < 4.78 is 27.6. The van der Waals surface area contributed by atoms with Gasteiger partial charge in [-0.3, -0.25) is 4.79 Å². The molecule has 0 saturated heterocycles. The normalized spacial score (nSPS) is 12.0. The van der Waals surface area contributed by atoms with Gasteiger partial charge in [0.25, 0.3) is 5.91 Å². The Hall–Kier alpha value is -2.18. The molecule has 0 saturated carbocycles. The van der Waals surface area contributed by atoms with Gasteiger partial charge in [0, 0.05) is 24.3 Å². The molecule has 0 bridgehead atoms. The highest BCUT2D eigenvalue weighted by atomic mass is 32.2. The number of sulfonamides is 1. The van der Waals surface area contributed by atoms with E-state index in [0.717, 1.165) is 5.56 Å². The first-order valence-corrected chi connectivity index (χ1v) is 11.0. The van der Waals surface area contributed by atoms with Crippen LogP contribution in [0.3, 0.4) is 0 Å². The Bertz CT molecular complexity index is 894. The standard InChI is InChI=1S/C22H30N2O3S/c1-16(2)14-24(15-17(3)4)28(26,27)21-11-9-19(10-12-21)22(25)23-20-8-6-7-18(5)13-20/h6-13,16-17H,14-15H2,1-5H3,(H,23,25). The molecular weight excluding hydrogens is 372 g/mol. The largest absolute Gasteiger partial charge is 0.322 e. The van der Waals surface area contributed by atoms with Crippen LogP contribution in [-0.2, 0) is 10.0 Å². The monoisotopic (exact) mass is 402 g/mol. The lowest BCUT2D eigenvalue weighted by Gasteiger charge is -2.25. The Morgan fingerprint density at radius 2 is 1.54 bits per heavy atom. The van der Waals surface area contributed by atoms with Crippen LogP contribution in [0.4, 0.5) is 5.69 Å². The van der Waals surface area contributed by atoms with Crippen molar-refractivity contribution in [1.29, 1.82) is 0 Å².